The Labute approximate surface area is 181 Å². The van der Waals surface area contributed by atoms with E-state index in [4.69, 9.17) is 4.74 Å². The van der Waals surface area contributed by atoms with E-state index in [9.17, 15) is 20.1 Å². The molecule has 164 valence electrons. The molecule has 1 aliphatic heterocycles. The Morgan fingerprint density at radius 2 is 1.84 bits per heavy atom. The van der Waals surface area contributed by atoms with Crippen LogP contribution in [0.2, 0.25) is 0 Å². The number of fused-ring (bicyclic) bond motifs is 2. The van der Waals surface area contributed by atoms with Crippen LogP contribution in [0.1, 0.15) is 6.23 Å². The average Bonchev–Trinajstić information content (AvgIpc) is 3.35. The second-order valence-electron chi connectivity index (χ2n) is 7.38. The normalized spacial score (nSPS) is 23.0. The van der Waals surface area contributed by atoms with Gasteiger partial charge < -0.3 is 25.4 Å². The molecule has 11 heteroatoms. The van der Waals surface area contributed by atoms with Gasteiger partial charge in [-0.15, -0.1) is 0 Å². The van der Waals surface area contributed by atoms with Crippen molar-refractivity contribution in [3.05, 3.63) is 55.1 Å². The minimum Gasteiger partial charge on any atom is -0.394 e. The van der Waals surface area contributed by atoms with Gasteiger partial charge in [-0.05, 0) is 11.5 Å². The monoisotopic (exact) mass is 436 g/mol. The quantitative estimate of drug-likeness (QED) is 0.320. The van der Waals surface area contributed by atoms with Gasteiger partial charge in [-0.3, -0.25) is 9.88 Å². The maximum absolute atomic E-state index is 12.7. The number of carbonyl (C=O) groups is 1. The van der Waals surface area contributed by atoms with E-state index in [-0.39, 0.29) is 17.0 Å². The number of urea groups is 1. The van der Waals surface area contributed by atoms with E-state index in [1.165, 1.54) is 17.2 Å². The van der Waals surface area contributed by atoms with Gasteiger partial charge in [0.15, 0.2) is 23.2 Å². The molecule has 0 radical (unpaired) electrons. The number of amides is 2. The van der Waals surface area contributed by atoms with Crippen LogP contribution >= 0.6 is 0 Å². The third-order valence-electron chi connectivity index (χ3n) is 5.42. The number of ether oxygens (including phenoxy) is 1. The topological polar surface area (TPSA) is 155 Å². The van der Waals surface area contributed by atoms with Gasteiger partial charge >= 0.3 is 6.03 Å². The van der Waals surface area contributed by atoms with Gasteiger partial charge in [0.05, 0.1) is 18.6 Å². The second kappa shape index (κ2) is 8.13. The lowest BCUT2D eigenvalue weighted by Crippen LogP contribution is -2.33. The number of nitrogens with one attached hydrogen (secondary N) is 2. The van der Waals surface area contributed by atoms with E-state index >= 15 is 0 Å². The molecule has 0 unspecified atom stereocenters. The fourth-order valence-corrected chi connectivity index (χ4v) is 3.83. The van der Waals surface area contributed by atoms with Crippen molar-refractivity contribution in [2.24, 2.45) is 0 Å². The molecule has 11 nitrogen and oxygen atoms in total. The lowest BCUT2D eigenvalue weighted by molar-refractivity contribution is -0.0511. The number of nitrogens with zero attached hydrogens (tertiary/aromatic N) is 4. The Balaban J connectivity index is 1.40. The summed E-state index contributed by atoms with van der Waals surface area (Å²) >= 11 is 0. The summed E-state index contributed by atoms with van der Waals surface area (Å²) in [5.41, 5.74) is 1.21. The van der Waals surface area contributed by atoms with Crippen LogP contribution in [0, 0.1) is 0 Å². The minimum atomic E-state index is -1.29. The number of carbonyl (C=O) groups excluding carboxylic acids is 1. The SMILES string of the molecule is O=C(Nc1cccc2ccccc12)Nc1ncnc2c1ncn2[C@@H]1O[C@H](CO)[C@@H](O)[C@H]1O. The lowest BCUT2D eigenvalue weighted by Gasteiger charge is -2.16. The van der Waals surface area contributed by atoms with Crippen LogP contribution in [0.15, 0.2) is 55.1 Å². The minimum absolute atomic E-state index is 0.165. The molecule has 4 atom stereocenters. The molecule has 1 saturated heterocycles. The summed E-state index contributed by atoms with van der Waals surface area (Å²) in [6.45, 7) is -0.447. The Morgan fingerprint density at radius 1 is 1.03 bits per heavy atom. The van der Waals surface area contributed by atoms with Gasteiger partial charge in [-0.1, -0.05) is 36.4 Å². The summed E-state index contributed by atoms with van der Waals surface area (Å²) < 4.78 is 6.97. The van der Waals surface area contributed by atoms with E-state index in [0.717, 1.165) is 10.8 Å². The predicted molar refractivity (Wildman–Crippen MR) is 115 cm³/mol. The Morgan fingerprint density at radius 3 is 2.66 bits per heavy atom. The van der Waals surface area contributed by atoms with Gasteiger partial charge in [0.1, 0.15) is 24.6 Å². The van der Waals surface area contributed by atoms with E-state index in [1.807, 2.05) is 36.4 Å². The standard InChI is InChI=1S/C21H20N6O5/c28-8-14-16(29)17(30)20(32-14)27-10-24-15-18(22-9-23-19(15)27)26-21(31)25-13-7-3-5-11-4-1-2-6-12(11)13/h1-7,9-10,14,16-17,20,28-30H,8H2,(H2,22,23,25,26,31)/t14-,16-,17-,20-/m1/s1. The van der Waals surface area contributed by atoms with Crippen molar-refractivity contribution in [3.8, 4) is 0 Å². The number of anilines is 2. The molecule has 1 aliphatic rings. The molecule has 32 heavy (non-hydrogen) atoms. The van der Waals surface area contributed by atoms with Crippen molar-refractivity contribution in [2.75, 3.05) is 17.2 Å². The maximum atomic E-state index is 12.7. The molecule has 2 aromatic heterocycles. The van der Waals surface area contributed by atoms with Crippen LogP contribution in [0.4, 0.5) is 16.3 Å². The molecular formula is C21H20N6O5. The number of imidazole rings is 1. The van der Waals surface area contributed by atoms with E-state index in [2.05, 4.69) is 25.6 Å². The molecule has 2 aromatic carbocycles. The molecule has 1 fully saturated rings. The highest BCUT2D eigenvalue weighted by molar-refractivity contribution is 6.07. The first-order valence-corrected chi connectivity index (χ1v) is 9.92. The van der Waals surface area contributed by atoms with Crippen molar-refractivity contribution >= 4 is 39.5 Å². The zero-order chi connectivity index (χ0) is 22.2. The third kappa shape index (κ3) is 3.42. The molecule has 0 aliphatic carbocycles. The summed E-state index contributed by atoms with van der Waals surface area (Å²) in [4.78, 5) is 25.2. The fourth-order valence-electron chi connectivity index (χ4n) is 3.83. The molecule has 3 heterocycles. The van der Waals surface area contributed by atoms with Crippen molar-refractivity contribution < 1.29 is 24.9 Å². The van der Waals surface area contributed by atoms with Gasteiger partial charge in [-0.2, -0.15) is 0 Å². The number of aromatic nitrogens is 4. The predicted octanol–water partition coefficient (Wildman–Crippen LogP) is 1.23. The molecule has 0 saturated carbocycles. The largest absolute Gasteiger partial charge is 0.394 e. The number of hydrogen-bond donors (Lipinski definition) is 5. The van der Waals surface area contributed by atoms with Gasteiger partial charge in [-0.25, -0.2) is 19.7 Å². The fraction of sp³-hybridized carbons (Fsp3) is 0.238. The van der Waals surface area contributed by atoms with Crippen LogP contribution in [0.5, 0.6) is 0 Å². The van der Waals surface area contributed by atoms with Crippen molar-refractivity contribution in [1.29, 1.82) is 0 Å². The molecule has 0 spiro atoms. The van der Waals surface area contributed by atoms with E-state index in [1.54, 1.807) is 6.07 Å². The van der Waals surface area contributed by atoms with Crippen LogP contribution in [0.25, 0.3) is 21.9 Å². The maximum Gasteiger partial charge on any atom is 0.324 e. The summed E-state index contributed by atoms with van der Waals surface area (Å²) in [5, 5.41) is 37.0. The summed E-state index contributed by atoms with van der Waals surface area (Å²) in [6.07, 6.45) is -1.86. The van der Waals surface area contributed by atoms with Gasteiger partial charge in [0.25, 0.3) is 0 Å². The molecule has 5 rings (SSSR count). The summed E-state index contributed by atoms with van der Waals surface area (Å²) in [7, 11) is 0. The number of aliphatic hydroxyl groups excluding tert-OH is 3. The number of benzene rings is 2. The smallest absolute Gasteiger partial charge is 0.324 e. The highest BCUT2D eigenvalue weighted by Crippen LogP contribution is 2.32. The van der Waals surface area contributed by atoms with Crippen molar-refractivity contribution in [1.82, 2.24) is 19.5 Å². The van der Waals surface area contributed by atoms with Crippen LogP contribution in [-0.2, 0) is 4.74 Å². The number of rotatable bonds is 4. The van der Waals surface area contributed by atoms with E-state index in [0.29, 0.717) is 5.69 Å². The van der Waals surface area contributed by atoms with Crippen LogP contribution < -0.4 is 10.6 Å². The Kier molecular flexibility index (Phi) is 5.15. The highest BCUT2D eigenvalue weighted by Gasteiger charge is 2.44. The third-order valence-corrected chi connectivity index (χ3v) is 5.42. The van der Waals surface area contributed by atoms with Gasteiger partial charge in [0, 0.05) is 5.39 Å². The number of aliphatic hydroxyl groups is 3. The van der Waals surface area contributed by atoms with E-state index < -0.39 is 37.2 Å². The van der Waals surface area contributed by atoms with Crippen molar-refractivity contribution in [3.63, 3.8) is 0 Å². The first kappa shape index (κ1) is 20.3. The van der Waals surface area contributed by atoms with Crippen LogP contribution in [-0.4, -0.2) is 65.8 Å². The molecule has 0 bridgehead atoms. The molecule has 4 aromatic rings. The average molecular weight is 436 g/mol. The number of hydrogen-bond acceptors (Lipinski definition) is 8. The first-order chi connectivity index (χ1) is 15.6. The zero-order valence-corrected chi connectivity index (χ0v) is 16.7. The second-order valence-corrected chi connectivity index (χ2v) is 7.38. The highest BCUT2D eigenvalue weighted by atomic mass is 16.6. The van der Waals surface area contributed by atoms with Gasteiger partial charge in [0.2, 0.25) is 0 Å². The molecule has 2 amide bonds. The Bertz CT molecular complexity index is 1290. The first-order valence-electron chi connectivity index (χ1n) is 9.92. The summed E-state index contributed by atoms with van der Waals surface area (Å²) in [6, 6.07) is 12.8. The zero-order valence-electron chi connectivity index (χ0n) is 16.7. The molecule has 5 N–H and O–H groups in total. The Hall–Kier alpha value is -3.64. The van der Waals surface area contributed by atoms with Crippen LogP contribution in [0.3, 0.4) is 0 Å². The molecular weight excluding hydrogens is 416 g/mol. The summed E-state index contributed by atoms with van der Waals surface area (Å²) in [5.74, 6) is 0.165. The van der Waals surface area contributed by atoms with Crippen molar-refractivity contribution in [2.45, 2.75) is 24.5 Å². The lowest BCUT2D eigenvalue weighted by atomic mass is 10.1.